The van der Waals surface area contributed by atoms with Crippen LogP contribution in [0.3, 0.4) is 0 Å². The first-order valence-electron chi connectivity index (χ1n) is 8.63. The summed E-state index contributed by atoms with van der Waals surface area (Å²) in [6.07, 6.45) is 0. The fraction of sp³-hybridized carbons (Fsp3) is 0.200. The van der Waals surface area contributed by atoms with Crippen molar-refractivity contribution in [2.24, 2.45) is 0 Å². The lowest BCUT2D eigenvalue weighted by atomic mass is 10.1. The van der Waals surface area contributed by atoms with E-state index in [1.54, 1.807) is 19.1 Å². The molecule has 0 aliphatic rings. The molecule has 8 heteroatoms. The predicted molar refractivity (Wildman–Crippen MR) is 113 cm³/mol. The van der Waals surface area contributed by atoms with Crippen molar-refractivity contribution in [2.45, 2.75) is 23.8 Å². The number of carbonyl (C=O) groups is 1. The molecule has 2 N–H and O–H groups in total. The van der Waals surface area contributed by atoms with Gasteiger partial charge in [0.2, 0.25) is 15.9 Å². The Kier molecular flexibility index (Phi) is 6.02. The molecule has 2 aromatic carbocycles. The number of hydrogen-bond donors (Lipinski definition) is 2. The van der Waals surface area contributed by atoms with E-state index in [2.05, 4.69) is 15.0 Å². The van der Waals surface area contributed by atoms with Crippen LogP contribution in [0.25, 0.3) is 10.9 Å². The smallest absolute Gasteiger partial charge is 0.240 e. The maximum absolute atomic E-state index is 12.3. The Bertz CT molecular complexity index is 1140. The molecule has 3 rings (SSSR count). The number of pyridine rings is 1. The zero-order valence-corrected chi connectivity index (χ0v) is 17.4. The number of amides is 1. The van der Waals surface area contributed by atoms with Crippen LogP contribution < -0.4 is 10.0 Å². The zero-order chi connectivity index (χ0) is 20.3. The number of carbonyl (C=O) groups excluding carboxylic acids is 1. The molecule has 1 amide bonds. The molecule has 0 unspecified atom stereocenters. The van der Waals surface area contributed by atoms with E-state index in [0.717, 1.165) is 21.5 Å². The van der Waals surface area contributed by atoms with Gasteiger partial charge in [0.1, 0.15) is 0 Å². The third-order valence-corrected chi connectivity index (χ3v) is 6.75. The van der Waals surface area contributed by atoms with Gasteiger partial charge in [0, 0.05) is 11.1 Å². The van der Waals surface area contributed by atoms with Gasteiger partial charge in [-0.1, -0.05) is 36.0 Å². The summed E-state index contributed by atoms with van der Waals surface area (Å²) in [7, 11) is -2.23. The maximum atomic E-state index is 12.3. The molecule has 0 radical (unpaired) electrons. The molecule has 0 atom stereocenters. The van der Waals surface area contributed by atoms with E-state index in [1.165, 1.54) is 24.9 Å². The minimum atomic E-state index is -3.58. The lowest BCUT2D eigenvalue weighted by molar-refractivity contribution is -0.113. The summed E-state index contributed by atoms with van der Waals surface area (Å²) in [5, 5.41) is 4.61. The normalized spacial score (nSPS) is 11.5. The highest BCUT2D eigenvalue weighted by Crippen LogP contribution is 2.24. The monoisotopic (exact) mass is 415 g/mol. The molecule has 0 spiro atoms. The summed E-state index contributed by atoms with van der Waals surface area (Å²) in [6, 6.07) is 14.7. The van der Waals surface area contributed by atoms with E-state index in [-0.39, 0.29) is 16.6 Å². The zero-order valence-electron chi connectivity index (χ0n) is 15.8. The van der Waals surface area contributed by atoms with Crippen molar-refractivity contribution in [2.75, 3.05) is 18.1 Å². The van der Waals surface area contributed by atoms with E-state index in [4.69, 9.17) is 0 Å². The Morgan fingerprint density at radius 3 is 2.57 bits per heavy atom. The number of benzene rings is 2. The van der Waals surface area contributed by atoms with E-state index >= 15 is 0 Å². The Hall–Kier alpha value is -2.42. The van der Waals surface area contributed by atoms with E-state index in [9.17, 15) is 13.2 Å². The molecule has 1 heterocycles. The molecule has 0 bridgehead atoms. The molecular weight excluding hydrogens is 394 g/mol. The number of aryl methyl sites for hydroxylation is 2. The molecule has 0 aliphatic heterocycles. The summed E-state index contributed by atoms with van der Waals surface area (Å²) in [5.74, 6) is -0.0541. The average Bonchev–Trinajstić information content (AvgIpc) is 2.68. The second kappa shape index (κ2) is 8.30. The van der Waals surface area contributed by atoms with Crippen LogP contribution in [0.5, 0.6) is 0 Å². The summed E-state index contributed by atoms with van der Waals surface area (Å²) < 4.78 is 26.4. The molecule has 1 aromatic heterocycles. The van der Waals surface area contributed by atoms with Crippen molar-refractivity contribution < 1.29 is 13.2 Å². The number of anilines is 1. The van der Waals surface area contributed by atoms with Gasteiger partial charge >= 0.3 is 0 Å². The molecule has 0 aliphatic carbocycles. The lowest BCUT2D eigenvalue weighted by Crippen LogP contribution is -2.20. The Morgan fingerprint density at radius 1 is 1.07 bits per heavy atom. The molecule has 28 heavy (non-hydrogen) atoms. The fourth-order valence-corrected chi connectivity index (χ4v) is 4.57. The molecule has 6 nitrogen and oxygen atoms in total. The number of aromatic nitrogens is 1. The van der Waals surface area contributed by atoms with Gasteiger partial charge in [0.25, 0.3) is 0 Å². The number of hydrogen-bond acceptors (Lipinski definition) is 5. The first-order chi connectivity index (χ1) is 13.3. The third-order valence-electron chi connectivity index (χ3n) is 4.28. The number of nitrogens with one attached hydrogen (secondary N) is 2. The molecule has 0 saturated carbocycles. The quantitative estimate of drug-likeness (QED) is 0.602. The predicted octanol–water partition coefficient (Wildman–Crippen LogP) is 3.49. The largest absolute Gasteiger partial charge is 0.325 e. The van der Waals surface area contributed by atoms with Crippen molar-refractivity contribution in [3.05, 3.63) is 59.7 Å². The van der Waals surface area contributed by atoms with Crippen molar-refractivity contribution >= 4 is 44.3 Å². The van der Waals surface area contributed by atoms with Gasteiger partial charge in [-0.25, -0.2) is 18.1 Å². The molecule has 3 aromatic rings. The van der Waals surface area contributed by atoms with Gasteiger partial charge in [-0.2, -0.15) is 0 Å². The van der Waals surface area contributed by atoms with Crippen molar-refractivity contribution in [1.29, 1.82) is 0 Å². The third kappa shape index (κ3) is 4.52. The summed E-state index contributed by atoms with van der Waals surface area (Å²) in [4.78, 5) is 17.1. The summed E-state index contributed by atoms with van der Waals surface area (Å²) in [5.41, 5.74) is 3.05. The van der Waals surface area contributed by atoms with Crippen LogP contribution in [0, 0.1) is 13.8 Å². The first kappa shape index (κ1) is 20.3. The summed E-state index contributed by atoms with van der Waals surface area (Å²) in [6.45, 7) is 3.73. The van der Waals surface area contributed by atoms with E-state index in [0.29, 0.717) is 11.3 Å². The van der Waals surface area contributed by atoms with Gasteiger partial charge in [-0.05, 0) is 56.3 Å². The molecular formula is C20H21N3O3S2. The molecule has 0 saturated heterocycles. The minimum absolute atomic E-state index is 0.146. The van der Waals surface area contributed by atoms with Crippen LogP contribution in [0.4, 0.5) is 5.69 Å². The van der Waals surface area contributed by atoms with Crippen LogP contribution in [0.1, 0.15) is 11.1 Å². The number of para-hydroxylation sites is 1. The van der Waals surface area contributed by atoms with Crippen molar-refractivity contribution in [3.8, 4) is 0 Å². The van der Waals surface area contributed by atoms with Gasteiger partial charge in [-0.15, -0.1) is 0 Å². The van der Waals surface area contributed by atoms with Crippen molar-refractivity contribution in [3.63, 3.8) is 0 Å². The Balaban J connectivity index is 1.71. The highest BCUT2D eigenvalue weighted by atomic mass is 32.2. The van der Waals surface area contributed by atoms with Gasteiger partial charge in [0.15, 0.2) is 0 Å². The van der Waals surface area contributed by atoms with Crippen LogP contribution in [-0.2, 0) is 14.8 Å². The van der Waals surface area contributed by atoms with Gasteiger partial charge in [-0.3, -0.25) is 4.79 Å². The standard InChI is InChI=1S/C20H21N3O3S2/c1-13-8-9-15(11-18(13)28(25,26)21-3)22-19(24)12-27-20-10-14(2)16-6-4-5-7-17(16)23-20/h4-11,21H,12H2,1-3H3,(H,22,24). The number of rotatable bonds is 6. The fourth-order valence-electron chi connectivity index (χ4n) is 2.81. The van der Waals surface area contributed by atoms with Crippen LogP contribution in [0.2, 0.25) is 0 Å². The number of sulfonamides is 1. The van der Waals surface area contributed by atoms with Crippen LogP contribution in [0.15, 0.2) is 58.5 Å². The molecule has 0 fully saturated rings. The lowest BCUT2D eigenvalue weighted by Gasteiger charge is -2.10. The number of fused-ring (bicyclic) bond motifs is 1. The van der Waals surface area contributed by atoms with Crippen LogP contribution in [-0.4, -0.2) is 32.1 Å². The number of thioether (sulfide) groups is 1. The van der Waals surface area contributed by atoms with Crippen LogP contribution >= 0.6 is 11.8 Å². The highest BCUT2D eigenvalue weighted by Gasteiger charge is 2.16. The second-order valence-electron chi connectivity index (χ2n) is 6.32. The maximum Gasteiger partial charge on any atom is 0.240 e. The Morgan fingerprint density at radius 2 is 1.82 bits per heavy atom. The van der Waals surface area contributed by atoms with E-state index < -0.39 is 10.0 Å². The minimum Gasteiger partial charge on any atom is -0.325 e. The summed E-state index contributed by atoms with van der Waals surface area (Å²) >= 11 is 1.34. The SMILES string of the molecule is CNS(=O)(=O)c1cc(NC(=O)CSc2cc(C)c3ccccc3n2)ccc1C. The van der Waals surface area contributed by atoms with Crippen molar-refractivity contribution in [1.82, 2.24) is 9.71 Å². The van der Waals surface area contributed by atoms with Gasteiger partial charge in [0.05, 0.1) is 21.2 Å². The topological polar surface area (TPSA) is 88.2 Å². The molecule has 146 valence electrons. The average molecular weight is 416 g/mol. The van der Waals surface area contributed by atoms with Gasteiger partial charge < -0.3 is 5.32 Å². The second-order valence-corrected chi connectivity index (χ2v) is 9.17. The number of nitrogens with zero attached hydrogens (tertiary/aromatic N) is 1. The Labute approximate surface area is 168 Å². The highest BCUT2D eigenvalue weighted by molar-refractivity contribution is 7.99. The van der Waals surface area contributed by atoms with E-state index in [1.807, 2.05) is 37.3 Å². The first-order valence-corrected chi connectivity index (χ1v) is 11.1.